The summed E-state index contributed by atoms with van der Waals surface area (Å²) in [5.74, 6) is 0.117. The summed E-state index contributed by atoms with van der Waals surface area (Å²) < 4.78 is 1.14. The highest BCUT2D eigenvalue weighted by Gasteiger charge is 2.05. The first-order valence-corrected chi connectivity index (χ1v) is 7.56. The Hall–Kier alpha value is -1.17. The molecule has 0 aliphatic rings. The molecule has 19 heavy (non-hydrogen) atoms. The molecule has 0 radical (unpaired) electrons. The van der Waals surface area contributed by atoms with E-state index in [1.807, 2.05) is 18.2 Å². The molecular weight excluding hydrogens is 322 g/mol. The van der Waals surface area contributed by atoms with Gasteiger partial charge in [0.2, 0.25) is 0 Å². The van der Waals surface area contributed by atoms with Crippen LogP contribution in [-0.4, -0.2) is 17.8 Å². The Morgan fingerprint density at radius 3 is 2.79 bits per heavy atom. The van der Waals surface area contributed by atoms with E-state index in [-0.39, 0.29) is 5.84 Å². The molecule has 0 aliphatic heterocycles. The largest absolute Gasteiger partial charge is 0.384 e. The van der Waals surface area contributed by atoms with Gasteiger partial charge in [-0.2, -0.15) is 0 Å². The minimum Gasteiger partial charge on any atom is -0.384 e. The van der Waals surface area contributed by atoms with Gasteiger partial charge in [-0.15, -0.1) is 11.3 Å². The Morgan fingerprint density at radius 2 is 2.16 bits per heavy atom. The van der Waals surface area contributed by atoms with Gasteiger partial charge in [-0.25, -0.2) is 0 Å². The third-order valence-corrected chi connectivity index (χ3v) is 4.42. The van der Waals surface area contributed by atoms with E-state index in [2.05, 4.69) is 45.4 Å². The predicted molar refractivity (Wildman–Crippen MR) is 84.6 cm³/mol. The molecule has 1 aromatic heterocycles. The standard InChI is InChI=1S/C14H16BrN3S/c1-18(8-13-6-12(15)9-19-13)7-10-3-2-4-11(5-10)14(16)17/h2-6,9H,7-8H2,1H3,(H3,16,17). The second-order valence-corrected chi connectivity index (χ2v) is 6.43. The third-order valence-electron chi connectivity index (χ3n) is 2.74. The quantitative estimate of drug-likeness (QED) is 0.648. The van der Waals surface area contributed by atoms with E-state index in [0.29, 0.717) is 0 Å². The summed E-state index contributed by atoms with van der Waals surface area (Å²) in [7, 11) is 2.09. The molecule has 2 aromatic rings. The first-order chi connectivity index (χ1) is 9.04. The van der Waals surface area contributed by atoms with Gasteiger partial charge in [0.25, 0.3) is 0 Å². The van der Waals surface area contributed by atoms with Crippen molar-refractivity contribution in [1.82, 2.24) is 4.90 Å². The molecule has 3 nitrogen and oxygen atoms in total. The second kappa shape index (κ2) is 6.32. The summed E-state index contributed by atoms with van der Waals surface area (Å²) in [4.78, 5) is 3.58. The van der Waals surface area contributed by atoms with Crippen LogP contribution >= 0.6 is 27.3 Å². The van der Waals surface area contributed by atoms with E-state index in [0.717, 1.165) is 23.1 Å². The van der Waals surface area contributed by atoms with Gasteiger partial charge in [-0.05, 0) is 40.7 Å². The Balaban J connectivity index is 2.00. The lowest BCUT2D eigenvalue weighted by Crippen LogP contribution is -2.17. The number of thiophene rings is 1. The van der Waals surface area contributed by atoms with Gasteiger partial charge in [-0.1, -0.05) is 18.2 Å². The summed E-state index contributed by atoms with van der Waals surface area (Å²) in [6.07, 6.45) is 0. The molecule has 0 amide bonds. The van der Waals surface area contributed by atoms with E-state index < -0.39 is 0 Å². The number of rotatable bonds is 5. The van der Waals surface area contributed by atoms with Crippen molar-refractivity contribution < 1.29 is 0 Å². The van der Waals surface area contributed by atoms with Crippen LogP contribution in [0, 0.1) is 5.41 Å². The van der Waals surface area contributed by atoms with Gasteiger partial charge in [0.05, 0.1) is 0 Å². The van der Waals surface area contributed by atoms with Crippen molar-refractivity contribution in [2.75, 3.05) is 7.05 Å². The van der Waals surface area contributed by atoms with Crippen molar-refractivity contribution in [3.63, 3.8) is 0 Å². The number of nitrogens with zero attached hydrogens (tertiary/aromatic N) is 1. The Morgan fingerprint density at radius 1 is 1.37 bits per heavy atom. The minimum absolute atomic E-state index is 0.117. The van der Waals surface area contributed by atoms with Crippen molar-refractivity contribution >= 4 is 33.1 Å². The van der Waals surface area contributed by atoms with Crippen LogP contribution in [0.15, 0.2) is 40.2 Å². The van der Waals surface area contributed by atoms with Crippen LogP contribution in [0.25, 0.3) is 0 Å². The smallest absolute Gasteiger partial charge is 0.122 e. The molecule has 0 bridgehead atoms. The monoisotopic (exact) mass is 337 g/mol. The second-order valence-electron chi connectivity index (χ2n) is 4.52. The molecule has 0 aliphatic carbocycles. The fourth-order valence-corrected chi connectivity index (χ4v) is 3.44. The highest BCUT2D eigenvalue weighted by atomic mass is 79.9. The topological polar surface area (TPSA) is 53.1 Å². The van der Waals surface area contributed by atoms with Crippen molar-refractivity contribution in [2.45, 2.75) is 13.1 Å². The maximum Gasteiger partial charge on any atom is 0.122 e. The van der Waals surface area contributed by atoms with E-state index in [9.17, 15) is 0 Å². The summed E-state index contributed by atoms with van der Waals surface area (Å²) in [5.41, 5.74) is 7.46. The van der Waals surface area contributed by atoms with Crippen LogP contribution in [-0.2, 0) is 13.1 Å². The zero-order chi connectivity index (χ0) is 13.8. The average Bonchev–Trinajstić information content (AvgIpc) is 2.74. The lowest BCUT2D eigenvalue weighted by atomic mass is 10.1. The summed E-state index contributed by atoms with van der Waals surface area (Å²) >= 11 is 5.22. The molecular formula is C14H16BrN3S. The van der Waals surface area contributed by atoms with Gasteiger partial charge in [0.1, 0.15) is 5.84 Å². The highest BCUT2D eigenvalue weighted by molar-refractivity contribution is 9.10. The molecule has 3 N–H and O–H groups in total. The zero-order valence-corrected chi connectivity index (χ0v) is 13.1. The van der Waals surface area contributed by atoms with E-state index >= 15 is 0 Å². The van der Waals surface area contributed by atoms with Crippen LogP contribution in [0.5, 0.6) is 0 Å². The number of nitrogens with two attached hydrogens (primary N) is 1. The van der Waals surface area contributed by atoms with E-state index in [4.69, 9.17) is 11.1 Å². The summed E-state index contributed by atoms with van der Waals surface area (Å²) in [6, 6.07) is 9.99. The van der Waals surface area contributed by atoms with Crippen molar-refractivity contribution in [3.8, 4) is 0 Å². The number of hydrogen-bond donors (Lipinski definition) is 2. The van der Waals surface area contributed by atoms with Crippen LogP contribution in [0.2, 0.25) is 0 Å². The molecule has 1 aromatic carbocycles. The molecule has 0 spiro atoms. The minimum atomic E-state index is 0.117. The summed E-state index contributed by atoms with van der Waals surface area (Å²) in [5, 5.41) is 9.55. The molecule has 0 saturated heterocycles. The first-order valence-electron chi connectivity index (χ1n) is 5.89. The zero-order valence-electron chi connectivity index (χ0n) is 10.7. The number of nitrogen functional groups attached to an aromatic ring is 1. The van der Waals surface area contributed by atoms with Crippen molar-refractivity contribution in [3.05, 3.63) is 56.2 Å². The fourth-order valence-electron chi connectivity index (χ4n) is 1.91. The fraction of sp³-hybridized carbons (Fsp3) is 0.214. The van der Waals surface area contributed by atoms with Crippen molar-refractivity contribution in [2.24, 2.45) is 5.73 Å². The average molecular weight is 338 g/mol. The van der Waals surface area contributed by atoms with E-state index in [1.165, 1.54) is 10.4 Å². The van der Waals surface area contributed by atoms with Gasteiger partial charge in [0, 0.05) is 33.4 Å². The molecule has 0 saturated carbocycles. The van der Waals surface area contributed by atoms with Gasteiger partial charge in [-0.3, -0.25) is 10.3 Å². The Kier molecular flexibility index (Phi) is 4.74. The Bertz CT molecular complexity index is 580. The lowest BCUT2D eigenvalue weighted by molar-refractivity contribution is 0.322. The Labute approximate surface area is 125 Å². The lowest BCUT2D eigenvalue weighted by Gasteiger charge is -2.16. The van der Waals surface area contributed by atoms with Crippen LogP contribution in [0.4, 0.5) is 0 Å². The number of benzene rings is 1. The first kappa shape index (κ1) is 14.2. The molecule has 2 rings (SSSR count). The van der Waals surface area contributed by atoms with Crippen LogP contribution in [0.3, 0.4) is 0 Å². The normalized spacial score (nSPS) is 10.9. The number of amidine groups is 1. The summed E-state index contributed by atoms with van der Waals surface area (Å²) in [6.45, 7) is 1.76. The molecule has 0 atom stereocenters. The highest BCUT2D eigenvalue weighted by Crippen LogP contribution is 2.21. The van der Waals surface area contributed by atoms with E-state index in [1.54, 1.807) is 11.3 Å². The molecule has 1 heterocycles. The van der Waals surface area contributed by atoms with Crippen LogP contribution < -0.4 is 5.73 Å². The van der Waals surface area contributed by atoms with Gasteiger partial charge in [0.15, 0.2) is 0 Å². The number of nitrogens with one attached hydrogen (secondary N) is 1. The number of hydrogen-bond acceptors (Lipinski definition) is 3. The molecule has 100 valence electrons. The molecule has 0 fully saturated rings. The maximum absolute atomic E-state index is 7.46. The van der Waals surface area contributed by atoms with Gasteiger partial charge < -0.3 is 5.73 Å². The maximum atomic E-state index is 7.46. The third kappa shape index (κ3) is 4.16. The van der Waals surface area contributed by atoms with Gasteiger partial charge >= 0.3 is 0 Å². The number of halogens is 1. The van der Waals surface area contributed by atoms with Crippen molar-refractivity contribution in [1.29, 1.82) is 5.41 Å². The predicted octanol–water partition coefficient (Wildman–Crippen LogP) is 3.43. The van der Waals surface area contributed by atoms with Crippen LogP contribution in [0.1, 0.15) is 16.0 Å². The molecule has 0 unspecified atom stereocenters. The molecule has 5 heteroatoms. The SMILES string of the molecule is CN(Cc1cccc(C(=N)N)c1)Cc1cc(Br)cs1.